The number of fused-ring (bicyclic) bond motifs is 1. The minimum absolute atomic E-state index is 0.0418. The molecule has 1 aliphatic heterocycles. The maximum atomic E-state index is 12.3. The molecule has 1 aliphatic rings. The van der Waals surface area contributed by atoms with Crippen molar-refractivity contribution in [2.24, 2.45) is 0 Å². The first-order chi connectivity index (χ1) is 8.75. The molecule has 18 heavy (non-hydrogen) atoms. The Labute approximate surface area is 106 Å². The first kappa shape index (κ1) is 11.3. The number of carbonyl (C=O) groups is 1. The molecule has 0 aliphatic carbocycles. The van der Waals surface area contributed by atoms with Crippen molar-refractivity contribution in [3.05, 3.63) is 36.1 Å². The molecular weight excluding hydrogens is 228 g/mol. The zero-order chi connectivity index (χ0) is 12.5. The van der Waals surface area contributed by atoms with Crippen LogP contribution in [0.25, 0.3) is 11.0 Å². The summed E-state index contributed by atoms with van der Waals surface area (Å²) in [5.74, 6) is 0.380. The molecule has 4 heteroatoms. The van der Waals surface area contributed by atoms with Crippen molar-refractivity contribution in [3.63, 3.8) is 0 Å². The SMILES string of the molecule is CN(C(=O)c1cc2ccccc2o1)C1CCNC1. The fourth-order valence-electron chi connectivity index (χ4n) is 2.40. The molecule has 1 saturated heterocycles. The second kappa shape index (κ2) is 4.46. The zero-order valence-corrected chi connectivity index (χ0v) is 10.3. The van der Waals surface area contributed by atoms with Gasteiger partial charge in [0.25, 0.3) is 5.91 Å². The lowest BCUT2D eigenvalue weighted by Gasteiger charge is -2.22. The minimum atomic E-state index is -0.0418. The van der Waals surface area contributed by atoms with Crippen LogP contribution in [0.15, 0.2) is 34.7 Å². The van der Waals surface area contributed by atoms with E-state index < -0.39 is 0 Å². The summed E-state index contributed by atoms with van der Waals surface area (Å²) in [5.41, 5.74) is 0.763. The molecule has 0 saturated carbocycles. The van der Waals surface area contributed by atoms with E-state index in [-0.39, 0.29) is 11.9 Å². The van der Waals surface area contributed by atoms with Gasteiger partial charge in [-0.1, -0.05) is 18.2 Å². The summed E-state index contributed by atoms with van der Waals surface area (Å²) in [6.07, 6.45) is 1.00. The molecule has 0 spiro atoms. The third-order valence-corrected chi connectivity index (χ3v) is 3.54. The highest BCUT2D eigenvalue weighted by Crippen LogP contribution is 2.21. The monoisotopic (exact) mass is 244 g/mol. The summed E-state index contributed by atoms with van der Waals surface area (Å²) in [5, 5.41) is 4.23. The van der Waals surface area contributed by atoms with Crippen molar-refractivity contribution >= 4 is 16.9 Å². The number of nitrogens with zero attached hydrogens (tertiary/aromatic N) is 1. The Morgan fingerprint density at radius 2 is 2.28 bits per heavy atom. The van der Waals surface area contributed by atoms with Crippen LogP contribution < -0.4 is 5.32 Å². The molecule has 94 valence electrons. The molecule has 1 aromatic carbocycles. The second-order valence-corrected chi connectivity index (χ2v) is 4.71. The van der Waals surface area contributed by atoms with Gasteiger partial charge in [0.05, 0.1) is 0 Å². The third-order valence-electron chi connectivity index (χ3n) is 3.54. The number of benzene rings is 1. The Kier molecular flexibility index (Phi) is 2.80. The molecular formula is C14H16N2O2. The van der Waals surface area contributed by atoms with E-state index in [0.29, 0.717) is 5.76 Å². The number of carbonyl (C=O) groups excluding carboxylic acids is 1. The number of furan rings is 1. The first-order valence-electron chi connectivity index (χ1n) is 6.22. The Morgan fingerprint density at radius 1 is 1.44 bits per heavy atom. The van der Waals surface area contributed by atoms with Gasteiger partial charge in [0.1, 0.15) is 5.58 Å². The fourth-order valence-corrected chi connectivity index (χ4v) is 2.40. The molecule has 0 radical (unpaired) electrons. The third kappa shape index (κ3) is 1.88. The molecule has 1 atom stereocenters. The van der Waals surface area contributed by atoms with E-state index >= 15 is 0 Å². The van der Waals surface area contributed by atoms with Crippen molar-refractivity contribution in [1.29, 1.82) is 0 Å². The van der Waals surface area contributed by atoms with Gasteiger partial charge in [-0.3, -0.25) is 4.79 Å². The average Bonchev–Trinajstić information content (AvgIpc) is 3.05. The summed E-state index contributed by atoms with van der Waals surface area (Å²) in [4.78, 5) is 14.1. The molecule has 2 heterocycles. The Morgan fingerprint density at radius 3 is 3.00 bits per heavy atom. The summed E-state index contributed by atoms with van der Waals surface area (Å²) in [7, 11) is 1.84. The molecule has 1 N–H and O–H groups in total. The van der Waals surface area contributed by atoms with Crippen LogP contribution in [-0.4, -0.2) is 37.0 Å². The van der Waals surface area contributed by atoms with Crippen molar-refractivity contribution in [1.82, 2.24) is 10.2 Å². The van der Waals surface area contributed by atoms with Crippen LogP contribution in [-0.2, 0) is 0 Å². The number of rotatable bonds is 2. The maximum absolute atomic E-state index is 12.3. The van der Waals surface area contributed by atoms with Gasteiger partial charge in [0.15, 0.2) is 5.76 Å². The summed E-state index contributed by atoms with van der Waals surface area (Å²) < 4.78 is 5.60. The Hall–Kier alpha value is -1.81. The van der Waals surface area contributed by atoms with Crippen LogP contribution in [0.5, 0.6) is 0 Å². The highest BCUT2D eigenvalue weighted by atomic mass is 16.3. The molecule has 0 bridgehead atoms. The topological polar surface area (TPSA) is 45.5 Å². The van der Waals surface area contributed by atoms with E-state index in [1.54, 1.807) is 4.90 Å². The molecule has 1 unspecified atom stereocenters. The number of nitrogens with one attached hydrogen (secondary N) is 1. The second-order valence-electron chi connectivity index (χ2n) is 4.71. The standard InChI is InChI=1S/C14H16N2O2/c1-16(11-6-7-15-9-11)14(17)13-8-10-4-2-3-5-12(10)18-13/h2-5,8,11,15H,6-7,9H2,1H3. The highest BCUT2D eigenvalue weighted by Gasteiger charge is 2.25. The van der Waals surface area contributed by atoms with Gasteiger partial charge < -0.3 is 14.6 Å². The number of para-hydroxylation sites is 1. The number of likely N-dealkylation sites (N-methyl/N-ethyl adjacent to an activating group) is 1. The molecule has 2 aromatic rings. The average molecular weight is 244 g/mol. The van der Waals surface area contributed by atoms with Crippen molar-refractivity contribution in [2.75, 3.05) is 20.1 Å². The zero-order valence-electron chi connectivity index (χ0n) is 10.3. The van der Waals surface area contributed by atoms with E-state index in [9.17, 15) is 4.79 Å². The van der Waals surface area contributed by atoms with Gasteiger partial charge in [0.2, 0.25) is 0 Å². The van der Waals surface area contributed by atoms with E-state index in [2.05, 4.69) is 5.32 Å². The summed E-state index contributed by atoms with van der Waals surface area (Å²) in [6.45, 7) is 1.84. The maximum Gasteiger partial charge on any atom is 0.289 e. The highest BCUT2D eigenvalue weighted by molar-refractivity contribution is 5.96. The van der Waals surface area contributed by atoms with Gasteiger partial charge in [-0.05, 0) is 25.1 Å². The Balaban J connectivity index is 1.86. The lowest BCUT2D eigenvalue weighted by Crippen LogP contribution is -2.38. The molecule has 3 rings (SSSR count). The number of hydrogen-bond donors (Lipinski definition) is 1. The van der Waals surface area contributed by atoms with Crippen LogP contribution in [0.1, 0.15) is 17.0 Å². The van der Waals surface area contributed by atoms with Crippen molar-refractivity contribution in [2.45, 2.75) is 12.5 Å². The van der Waals surface area contributed by atoms with E-state index in [1.807, 2.05) is 37.4 Å². The predicted molar refractivity (Wildman–Crippen MR) is 69.6 cm³/mol. The van der Waals surface area contributed by atoms with E-state index in [1.165, 1.54) is 0 Å². The lowest BCUT2D eigenvalue weighted by molar-refractivity contribution is 0.0714. The van der Waals surface area contributed by atoms with Crippen LogP contribution in [0, 0.1) is 0 Å². The van der Waals surface area contributed by atoms with Crippen LogP contribution in [0.3, 0.4) is 0 Å². The fraction of sp³-hybridized carbons (Fsp3) is 0.357. The number of amides is 1. The van der Waals surface area contributed by atoms with Gasteiger partial charge >= 0.3 is 0 Å². The van der Waals surface area contributed by atoms with E-state index in [4.69, 9.17) is 4.42 Å². The largest absolute Gasteiger partial charge is 0.451 e. The molecule has 1 aromatic heterocycles. The van der Waals surface area contributed by atoms with Gasteiger partial charge in [0, 0.05) is 25.0 Å². The Bertz CT molecular complexity index is 537. The van der Waals surface area contributed by atoms with Crippen molar-refractivity contribution in [3.8, 4) is 0 Å². The first-order valence-corrected chi connectivity index (χ1v) is 6.22. The van der Waals surface area contributed by atoms with Gasteiger partial charge in [-0.2, -0.15) is 0 Å². The van der Waals surface area contributed by atoms with Crippen molar-refractivity contribution < 1.29 is 9.21 Å². The summed E-state index contributed by atoms with van der Waals surface area (Å²) in [6, 6.07) is 9.76. The summed E-state index contributed by atoms with van der Waals surface area (Å²) >= 11 is 0. The predicted octanol–water partition coefficient (Wildman–Crippen LogP) is 1.87. The molecule has 1 amide bonds. The quantitative estimate of drug-likeness (QED) is 0.877. The van der Waals surface area contributed by atoms with E-state index in [0.717, 1.165) is 30.5 Å². The van der Waals surface area contributed by atoms with Crippen LogP contribution in [0.2, 0.25) is 0 Å². The smallest absolute Gasteiger partial charge is 0.289 e. The normalized spacial score (nSPS) is 19.3. The van der Waals surface area contributed by atoms with Crippen LogP contribution in [0.4, 0.5) is 0 Å². The lowest BCUT2D eigenvalue weighted by atomic mass is 10.2. The van der Waals surface area contributed by atoms with Crippen LogP contribution >= 0.6 is 0 Å². The van der Waals surface area contributed by atoms with Gasteiger partial charge in [-0.15, -0.1) is 0 Å². The number of hydrogen-bond acceptors (Lipinski definition) is 3. The van der Waals surface area contributed by atoms with Gasteiger partial charge in [-0.25, -0.2) is 0 Å². The minimum Gasteiger partial charge on any atom is -0.451 e. The molecule has 1 fully saturated rings. The molecule has 4 nitrogen and oxygen atoms in total.